The predicted molar refractivity (Wildman–Crippen MR) is 111 cm³/mol. The monoisotopic (exact) mass is 408 g/mol. The highest BCUT2D eigenvalue weighted by Crippen LogP contribution is 2.29. The van der Waals surface area contributed by atoms with Crippen LogP contribution in [-0.2, 0) is 9.59 Å². The molecule has 0 saturated heterocycles. The van der Waals surface area contributed by atoms with Crippen molar-refractivity contribution in [3.63, 3.8) is 0 Å². The Labute approximate surface area is 169 Å². The number of halogens is 2. The number of benzene rings is 2. The second-order valence-electron chi connectivity index (χ2n) is 6.78. The van der Waals surface area contributed by atoms with Crippen LogP contribution < -0.4 is 15.5 Å². The molecule has 0 bridgehead atoms. The van der Waals surface area contributed by atoms with Gasteiger partial charge in [0.1, 0.15) is 0 Å². The molecule has 0 aliphatic heterocycles. The molecule has 27 heavy (non-hydrogen) atoms. The van der Waals surface area contributed by atoms with Crippen LogP contribution in [0.2, 0.25) is 10.0 Å². The third-order valence-corrected chi connectivity index (χ3v) is 4.91. The quantitative estimate of drug-likeness (QED) is 0.687. The Morgan fingerprint density at radius 1 is 0.963 bits per heavy atom. The molecule has 7 heteroatoms. The van der Waals surface area contributed by atoms with Crippen LogP contribution >= 0.6 is 23.2 Å². The van der Waals surface area contributed by atoms with Crippen molar-refractivity contribution in [3.8, 4) is 0 Å². The molecule has 2 aromatic rings. The molecule has 3 N–H and O–H groups in total. The van der Waals surface area contributed by atoms with E-state index in [2.05, 4.69) is 10.6 Å². The molecule has 0 aliphatic rings. The number of amides is 2. The van der Waals surface area contributed by atoms with E-state index in [1.165, 1.54) is 0 Å². The summed E-state index contributed by atoms with van der Waals surface area (Å²) in [6.45, 7) is 6.25. The van der Waals surface area contributed by atoms with Crippen molar-refractivity contribution in [2.75, 3.05) is 30.8 Å². The molecule has 0 aromatic heterocycles. The number of hydrogen-bond donors (Lipinski definition) is 3. The lowest BCUT2D eigenvalue weighted by Gasteiger charge is -2.16. The molecular weight excluding hydrogens is 385 g/mol. The highest BCUT2D eigenvalue weighted by molar-refractivity contribution is 6.43. The van der Waals surface area contributed by atoms with Gasteiger partial charge >= 0.3 is 0 Å². The number of hydrogen-bond acceptors (Lipinski definition) is 2. The van der Waals surface area contributed by atoms with Gasteiger partial charge in [-0.05, 0) is 44.0 Å². The van der Waals surface area contributed by atoms with E-state index < -0.39 is 0 Å². The summed E-state index contributed by atoms with van der Waals surface area (Å²) in [4.78, 5) is 25.3. The van der Waals surface area contributed by atoms with E-state index in [0.717, 1.165) is 27.3 Å². The van der Waals surface area contributed by atoms with Gasteiger partial charge in [0.05, 0.1) is 22.8 Å². The average Bonchev–Trinajstić information content (AvgIpc) is 2.55. The Bertz CT molecular complexity index is 845. The van der Waals surface area contributed by atoms with Crippen molar-refractivity contribution in [2.45, 2.75) is 20.8 Å². The Kier molecular flexibility index (Phi) is 7.25. The Hall–Kier alpha value is -2.08. The van der Waals surface area contributed by atoms with Crippen molar-refractivity contribution >= 4 is 46.4 Å². The van der Waals surface area contributed by atoms with Gasteiger partial charge in [-0.25, -0.2) is 0 Å². The number of likely N-dealkylation sites (N-methyl/N-ethyl adjacent to an activating group) is 1. The summed E-state index contributed by atoms with van der Waals surface area (Å²) in [7, 11) is 1.79. The zero-order valence-corrected chi connectivity index (χ0v) is 17.4. The zero-order chi connectivity index (χ0) is 20.1. The van der Waals surface area contributed by atoms with Gasteiger partial charge in [0.25, 0.3) is 11.8 Å². The van der Waals surface area contributed by atoms with Crippen molar-refractivity contribution in [2.24, 2.45) is 0 Å². The van der Waals surface area contributed by atoms with Gasteiger partial charge in [0.2, 0.25) is 0 Å². The molecule has 5 nitrogen and oxygen atoms in total. The van der Waals surface area contributed by atoms with Crippen LogP contribution in [0.1, 0.15) is 16.7 Å². The molecule has 2 rings (SSSR count). The highest BCUT2D eigenvalue weighted by Gasteiger charge is 2.17. The number of aryl methyl sites for hydroxylation is 3. The Balaban J connectivity index is 1.91. The summed E-state index contributed by atoms with van der Waals surface area (Å²) in [6.07, 6.45) is 0. The second kappa shape index (κ2) is 9.22. The molecule has 144 valence electrons. The summed E-state index contributed by atoms with van der Waals surface area (Å²) >= 11 is 12.0. The lowest BCUT2D eigenvalue weighted by atomic mass is 10.1. The Morgan fingerprint density at radius 3 is 2.11 bits per heavy atom. The fraction of sp³-hybridized carbons (Fsp3) is 0.300. The van der Waals surface area contributed by atoms with Crippen LogP contribution in [0.25, 0.3) is 0 Å². The molecule has 1 atom stereocenters. The molecule has 0 spiro atoms. The standard InChI is InChI=1S/C20H23Cl2N3O2/c1-12-8-13(2)20(14(3)9-12)24-18(27)11-25(4)10-17(26)23-16-7-5-6-15(21)19(16)22/h5-9H,10-11H2,1-4H3,(H,23,26)(H,24,27)/p+1. The van der Waals surface area contributed by atoms with Crippen LogP contribution in [0.5, 0.6) is 0 Å². The molecule has 2 aromatic carbocycles. The van der Waals surface area contributed by atoms with E-state index in [9.17, 15) is 9.59 Å². The van der Waals surface area contributed by atoms with Gasteiger partial charge in [-0.3, -0.25) is 9.59 Å². The van der Waals surface area contributed by atoms with Crippen LogP contribution in [0.15, 0.2) is 30.3 Å². The van der Waals surface area contributed by atoms with E-state index in [4.69, 9.17) is 23.2 Å². The van der Waals surface area contributed by atoms with E-state index in [-0.39, 0.29) is 24.9 Å². The molecule has 0 fully saturated rings. The molecule has 2 amide bonds. The van der Waals surface area contributed by atoms with Gasteiger partial charge in [-0.15, -0.1) is 0 Å². The molecule has 0 radical (unpaired) electrons. The first kappa shape index (κ1) is 21.2. The van der Waals surface area contributed by atoms with Gasteiger partial charge in [0, 0.05) is 5.69 Å². The zero-order valence-electron chi connectivity index (χ0n) is 15.9. The molecule has 0 aliphatic carbocycles. The first-order valence-corrected chi connectivity index (χ1v) is 9.36. The summed E-state index contributed by atoms with van der Waals surface area (Å²) in [5.74, 6) is -0.386. The first-order valence-electron chi connectivity index (χ1n) is 8.60. The maximum Gasteiger partial charge on any atom is 0.279 e. The summed E-state index contributed by atoms with van der Waals surface area (Å²) in [5, 5.41) is 6.34. The minimum atomic E-state index is -0.243. The summed E-state index contributed by atoms with van der Waals surface area (Å²) < 4.78 is 0. The van der Waals surface area contributed by atoms with Crippen LogP contribution in [0.4, 0.5) is 11.4 Å². The van der Waals surface area contributed by atoms with Crippen molar-refractivity contribution < 1.29 is 14.5 Å². The van der Waals surface area contributed by atoms with Crippen LogP contribution in [0.3, 0.4) is 0 Å². The third kappa shape index (κ3) is 5.96. The van der Waals surface area contributed by atoms with Crippen molar-refractivity contribution in [1.29, 1.82) is 0 Å². The number of anilines is 2. The van der Waals surface area contributed by atoms with Gasteiger partial charge in [-0.2, -0.15) is 0 Å². The first-order chi connectivity index (χ1) is 12.7. The normalized spacial score (nSPS) is 11.8. The molecule has 0 saturated carbocycles. The van der Waals surface area contributed by atoms with E-state index in [0.29, 0.717) is 15.7 Å². The smallest absolute Gasteiger partial charge is 0.279 e. The van der Waals surface area contributed by atoms with Gasteiger partial charge in [-0.1, -0.05) is 47.0 Å². The lowest BCUT2D eigenvalue weighted by molar-refractivity contribution is -0.862. The van der Waals surface area contributed by atoms with E-state index >= 15 is 0 Å². The Morgan fingerprint density at radius 2 is 1.52 bits per heavy atom. The maximum absolute atomic E-state index is 12.3. The highest BCUT2D eigenvalue weighted by atomic mass is 35.5. The number of carbonyl (C=O) groups is 2. The van der Waals surface area contributed by atoms with Crippen molar-refractivity contribution in [3.05, 3.63) is 57.1 Å². The topological polar surface area (TPSA) is 62.6 Å². The van der Waals surface area contributed by atoms with Crippen LogP contribution in [0, 0.1) is 20.8 Å². The SMILES string of the molecule is Cc1cc(C)c(NC(=O)C[NH+](C)CC(=O)Nc2cccc(Cl)c2Cl)c(C)c1. The van der Waals surface area contributed by atoms with Crippen molar-refractivity contribution in [1.82, 2.24) is 0 Å². The van der Waals surface area contributed by atoms with E-state index in [1.54, 1.807) is 25.2 Å². The fourth-order valence-electron chi connectivity index (χ4n) is 2.97. The number of rotatable bonds is 6. The third-order valence-electron chi connectivity index (χ3n) is 4.09. The largest absolute Gasteiger partial charge is 0.322 e. The van der Waals surface area contributed by atoms with Crippen LogP contribution in [-0.4, -0.2) is 32.0 Å². The lowest BCUT2D eigenvalue weighted by Crippen LogP contribution is -3.11. The summed E-state index contributed by atoms with van der Waals surface area (Å²) in [5.41, 5.74) is 4.48. The number of nitrogens with one attached hydrogen (secondary N) is 3. The maximum atomic E-state index is 12.3. The average molecular weight is 409 g/mol. The minimum Gasteiger partial charge on any atom is -0.322 e. The molecular formula is C20H24Cl2N3O2+. The predicted octanol–water partition coefficient (Wildman–Crippen LogP) is 3.01. The van der Waals surface area contributed by atoms with Gasteiger partial charge < -0.3 is 15.5 Å². The minimum absolute atomic E-state index is 0.127. The molecule has 0 heterocycles. The molecule has 1 unspecified atom stereocenters. The summed E-state index contributed by atoms with van der Waals surface area (Å²) in [6, 6.07) is 9.09. The van der Waals surface area contributed by atoms with E-state index in [1.807, 2.05) is 32.9 Å². The number of carbonyl (C=O) groups excluding carboxylic acids is 2. The number of quaternary nitrogens is 1. The second-order valence-corrected chi connectivity index (χ2v) is 7.57. The van der Waals surface area contributed by atoms with Gasteiger partial charge in [0.15, 0.2) is 13.1 Å². The fourth-order valence-corrected chi connectivity index (χ4v) is 3.31.